The second kappa shape index (κ2) is 11.8. The van der Waals surface area contributed by atoms with Crippen LogP contribution in [-0.2, 0) is 6.42 Å². The first-order chi connectivity index (χ1) is 12.2. The molecule has 3 N–H and O–H groups in total. The third-order valence-corrected chi connectivity index (χ3v) is 3.96. The van der Waals surface area contributed by atoms with Crippen LogP contribution in [0.5, 0.6) is 0 Å². The van der Waals surface area contributed by atoms with Crippen molar-refractivity contribution in [3.63, 3.8) is 0 Å². The fraction of sp³-hybridized carbons (Fsp3) is 0.316. The maximum absolute atomic E-state index is 13.6. The van der Waals surface area contributed by atoms with Crippen LogP contribution < -0.4 is 10.6 Å². The number of nitrogens with zero attached hydrogens (tertiary/aromatic N) is 1. The molecule has 1 unspecified atom stereocenters. The molecule has 0 spiro atoms. The fourth-order valence-electron chi connectivity index (χ4n) is 2.53. The van der Waals surface area contributed by atoms with Gasteiger partial charge < -0.3 is 15.7 Å². The number of nitrogens with one attached hydrogen (secondary N) is 2. The maximum atomic E-state index is 13.6. The lowest BCUT2D eigenvalue weighted by atomic mass is 10.0. The second-order valence-corrected chi connectivity index (χ2v) is 5.62. The molecule has 0 heterocycles. The maximum Gasteiger partial charge on any atom is 0.191 e. The van der Waals surface area contributed by atoms with Gasteiger partial charge in [-0.1, -0.05) is 36.4 Å². The predicted octanol–water partition coefficient (Wildman–Crippen LogP) is 3.07. The highest BCUT2D eigenvalue weighted by Gasteiger charge is 2.11. The van der Waals surface area contributed by atoms with Gasteiger partial charge in [0.15, 0.2) is 5.96 Å². The van der Waals surface area contributed by atoms with E-state index in [0.717, 1.165) is 5.56 Å². The van der Waals surface area contributed by atoms with E-state index in [2.05, 4.69) is 15.6 Å². The Morgan fingerprint density at radius 2 is 1.69 bits per heavy atom. The van der Waals surface area contributed by atoms with Gasteiger partial charge in [0.25, 0.3) is 0 Å². The highest BCUT2D eigenvalue weighted by molar-refractivity contribution is 14.0. The zero-order valence-electron chi connectivity index (χ0n) is 14.6. The van der Waals surface area contributed by atoms with Crippen LogP contribution in [0.4, 0.5) is 8.78 Å². The molecule has 7 heteroatoms. The zero-order valence-corrected chi connectivity index (χ0v) is 16.9. The highest BCUT2D eigenvalue weighted by atomic mass is 127. The molecule has 0 radical (unpaired) electrons. The molecule has 0 aromatic heterocycles. The number of halogens is 3. The third kappa shape index (κ3) is 6.53. The second-order valence-electron chi connectivity index (χ2n) is 5.62. The van der Waals surface area contributed by atoms with E-state index in [4.69, 9.17) is 0 Å². The van der Waals surface area contributed by atoms with E-state index in [1.54, 1.807) is 7.05 Å². The van der Waals surface area contributed by atoms with Crippen molar-refractivity contribution in [3.05, 3.63) is 71.3 Å². The van der Waals surface area contributed by atoms with Gasteiger partial charge in [0.05, 0.1) is 6.61 Å². The van der Waals surface area contributed by atoms with Crippen molar-refractivity contribution in [2.75, 3.05) is 26.7 Å². The van der Waals surface area contributed by atoms with E-state index >= 15 is 0 Å². The van der Waals surface area contributed by atoms with Crippen molar-refractivity contribution < 1.29 is 13.9 Å². The van der Waals surface area contributed by atoms with E-state index in [9.17, 15) is 13.9 Å². The first-order valence-corrected chi connectivity index (χ1v) is 8.19. The van der Waals surface area contributed by atoms with Gasteiger partial charge in [-0.3, -0.25) is 4.99 Å². The first-order valence-electron chi connectivity index (χ1n) is 8.19. The molecule has 2 aromatic rings. The molecule has 142 valence electrons. The average molecular weight is 475 g/mol. The molecular weight excluding hydrogens is 451 g/mol. The summed E-state index contributed by atoms with van der Waals surface area (Å²) in [6.45, 7) is 0.843. The molecule has 0 saturated heterocycles. The third-order valence-electron chi connectivity index (χ3n) is 3.96. The van der Waals surface area contributed by atoms with Crippen LogP contribution in [0.15, 0.2) is 53.5 Å². The number of aliphatic hydroxyl groups is 1. The molecule has 0 fully saturated rings. The topological polar surface area (TPSA) is 56.7 Å². The van der Waals surface area contributed by atoms with E-state index in [1.807, 2.05) is 30.3 Å². The van der Waals surface area contributed by atoms with Gasteiger partial charge in [-0.25, -0.2) is 8.78 Å². The molecule has 2 rings (SSSR count). The summed E-state index contributed by atoms with van der Waals surface area (Å²) in [5.41, 5.74) is 1.09. The summed E-state index contributed by atoms with van der Waals surface area (Å²) in [5, 5.41) is 15.7. The summed E-state index contributed by atoms with van der Waals surface area (Å²) in [7, 11) is 1.62. The Bertz CT molecular complexity index is 678. The molecule has 0 bridgehead atoms. The first kappa shape index (κ1) is 22.3. The molecule has 0 saturated carbocycles. The smallest absolute Gasteiger partial charge is 0.191 e. The molecular formula is C19H24F2IN3O. The predicted molar refractivity (Wildman–Crippen MR) is 111 cm³/mol. The van der Waals surface area contributed by atoms with Gasteiger partial charge >= 0.3 is 0 Å². The molecule has 26 heavy (non-hydrogen) atoms. The monoisotopic (exact) mass is 475 g/mol. The van der Waals surface area contributed by atoms with Gasteiger partial charge in [0.1, 0.15) is 11.6 Å². The lowest BCUT2D eigenvalue weighted by Crippen LogP contribution is -2.40. The van der Waals surface area contributed by atoms with Gasteiger partial charge in [-0.15, -0.1) is 24.0 Å². The number of rotatable bonds is 7. The van der Waals surface area contributed by atoms with Crippen molar-refractivity contribution >= 4 is 29.9 Å². The largest absolute Gasteiger partial charge is 0.396 e. The minimum atomic E-state index is -0.547. The van der Waals surface area contributed by atoms with Crippen LogP contribution in [0.3, 0.4) is 0 Å². The minimum absolute atomic E-state index is 0. The van der Waals surface area contributed by atoms with Gasteiger partial charge in [-0.05, 0) is 24.1 Å². The molecule has 0 amide bonds. The van der Waals surface area contributed by atoms with Crippen molar-refractivity contribution in [3.8, 4) is 0 Å². The standard InChI is InChI=1S/C19H23F2N3O.HI/c1-22-19(23-11-10-16-17(20)8-5-9-18(16)21)24-12-15(13-25)14-6-3-2-4-7-14;/h2-9,15,25H,10-13H2,1H3,(H2,22,23,24);1H. The van der Waals surface area contributed by atoms with Crippen LogP contribution in [0.1, 0.15) is 17.0 Å². The Balaban J connectivity index is 0.00000338. The number of hydrogen-bond donors (Lipinski definition) is 3. The number of aliphatic imine (C=N–C) groups is 1. The van der Waals surface area contributed by atoms with Crippen LogP contribution in [0.2, 0.25) is 0 Å². The lowest BCUT2D eigenvalue weighted by molar-refractivity contribution is 0.265. The van der Waals surface area contributed by atoms with Crippen LogP contribution >= 0.6 is 24.0 Å². The Labute approximate surface area is 169 Å². The van der Waals surface area contributed by atoms with Crippen molar-refractivity contribution in [2.45, 2.75) is 12.3 Å². The number of aliphatic hydroxyl groups excluding tert-OH is 1. The van der Waals surface area contributed by atoms with Crippen LogP contribution in [0, 0.1) is 11.6 Å². The number of benzene rings is 2. The molecule has 0 aliphatic rings. The minimum Gasteiger partial charge on any atom is -0.396 e. The van der Waals surface area contributed by atoms with Crippen LogP contribution in [-0.4, -0.2) is 37.8 Å². The lowest BCUT2D eigenvalue weighted by Gasteiger charge is -2.18. The summed E-state index contributed by atoms with van der Waals surface area (Å²) in [5.74, 6) is -0.641. The van der Waals surface area contributed by atoms with Crippen LogP contribution in [0.25, 0.3) is 0 Å². The summed E-state index contributed by atoms with van der Waals surface area (Å²) < 4.78 is 27.2. The zero-order chi connectivity index (χ0) is 18.1. The Morgan fingerprint density at radius 1 is 1.04 bits per heavy atom. The molecule has 0 aliphatic heterocycles. The summed E-state index contributed by atoms with van der Waals surface area (Å²) in [6.07, 6.45) is 0.210. The number of guanidine groups is 1. The average Bonchev–Trinajstić information content (AvgIpc) is 2.63. The van der Waals surface area contributed by atoms with E-state index < -0.39 is 11.6 Å². The normalized spacial score (nSPS) is 12.2. The fourth-order valence-corrected chi connectivity index (χ4v) is 2.53. The van der Waals surface area contributed by atoms with E-state index in [-0.39, 0.29) is 48.5 Å². The molecule has 2 aromatic carbocycles. The van der Waals surface area contributed by atoms with Gasteiger partial charge in [0.2, 0.25) is 0 Å². The van der Waals surface area contributed by atoms with E-state index in [1.165, 1.54) is 18.2 Å². The Kier molecular flexibility index (Phi) is 10.1. The summed E-state index contributed by atoms with van der Waals surface area (Å²) in [6, 6.07) is 13.5. The van der Waals surface area contributed by atoms with E-state index in [0.29, 0.717) is 19.0 Å². The molecule has 1 atom stereocenters. The Hall–Kier alpha value is -1.74. The van der Waals surface area contributed by atoms with Crippen molar-refractivity contribution in [2.24, 2.45) is 4.99 Å². The number of hydrogen-bond acceptors (Lipinski definition) is 2. The molecule has 4 nitrogen and oxygen atoms in total. The van der Waals surface area contributed by atoms with Gasteiger partial charge in [-0.2, -0.15) is 0 Å². The van der Waals surface area contributed by atoms with Crippen molar-refractivity contribution in [1.82, 2.24) is 10.6 Å². The molecule has 0 aliphatic carbocycles. The quantitative estimate of drug-likeness (QED) is 0.328. The SMILES string of the molecule is CN=C(NCCc1c(F)cccc1F)NCC(CO)c1ccccc1.I. The summed E-state index contributed by atoms with van der Waals surface area (Å²) in [4.78, 5) is 4.09. The summed E-state index contributed by atoms with van der Waals surface area (Å²) >= 11 is 0. The van der Waals surface area contributed by atoms with Gasteiger partial charge in [0, 0.05) is 31.6 Å². The Morgan fingerprint density at radius 3 is 2.27 bits per heavy atom. The highest BCUT2D eigenvalue weighted by Crippen LogP contribution is 2.14. The van der Waals surface area contributed by atoms with Crippen molar-refractivity contribution in [1.29, 1.82) is 0 Å².